The number of carbonyl (C=O) groups is 1. The molecule has 6 atom stereocenters. The quantitative estimate of drug-likeness (QED) is 0.421. The molecule has 42 heavy (non-hydrogen) atoms. The average molecular weight is 563 g/mol. The summed E-state index contributed by atoms with van der Waals surface area (Å²) in [5.74, 6) is 0.000622. The molecule has 2 fully saturated rings. The molecular formula is C36H38N2O4. The molecule has 2 spiro atoms. The number of aliphatic hydroxyl groups is 1. The van der Waals surface area contributed by atoms with Crippen LogP contribution < -0.4 is 4.74 Å². The van der Waals surface area contributed by atoms with Gasteiger partial charge in [0.15, 0.2) is 11.5 Å². The number of amides is 1. The fourth-order valence-corrected chi connectivity index (χ4v) is 9.42. The van der Waals surface area contributed by atoms with E-state index in [1.807, 2.05) is 31.3 Å². The highest BCUT2D eigenvalue weighted by Crippen LogP contribution is 2.74. The molecule has 2 aliphatic heterocycles. The number of likely N-dealkylation sites (N-methyl/N-ethyl adjacent to an activating group) is 1. The number of rotatable bonds is 7. The molecule has 6 unspecified atom stereocenters. The van der Waals surface area contributed by atoms with Crippen molar-refractivity contribution >= 4 is 5.91 Å². The molecule has 6 heteroatoms. The van der Waals surface area contributed by atoms with Crippen LogP contribution in [-0.2, 0) is 29.5 Å². The Morgan fingerprint density at radius 1 is 1.00 bits per heavy atom. The predicted molar refractivity (Wildman–Crippen MR) is 160 cm³/mol. The molecule has 3 aromatic carbocycles. The Bertz CT molecular complexity index is 1570. The summed E-state index contributed by atoms with van der Waals surface area (Å²) in [5.41, 5.74) is 2.51. The van der Waals surface area contributed by atoms with Crippen molar-refractivity contribution in [3.63, 3.8) is 0 Å². The minimum Gasteiger partial charge on any atom is -0.504 e. The number of fused-ring (bicyclic) bond motifs is 1. The third-order valence-corrected chi connectivity index (χ3v) is 11.4. The van der Waals surface area contributed by atoms with Crippen molar-refractivity contribution in [3.8, 4) is 11.5 Å². The number of likely N-dealkylation sites (tertiary alicyclic amines) is 1. The van der Waals surface area contributed by atoms with Crippen LogP contribution in [0, 0.1) is 11.3 Å². The predicted octanol–water partition coefficient (Wildman–Crippen LogP) is 4.27. The molecule has 0 radical (unpaired) electrons. The van der Waals surface area contributed by atoms with Crippen molar-refractivity contribution in [1.82, 2.24) is 9.80 Å². The molecule has 6 nitrogen and oxygen atoms in total. The maximum atomic E-state index is 14.2. The topological polar surface area (TPSA) is 73.2 Å². The van der Waals surface area contributed by atoms with Crippen molar-refractivity contribution in [2.24, 2.45) is 11.3 Å². The number of carbonyl (C=O) groups excluding carboxylic acids is 1. The van der Waals surface area contributed by atoms with Crippen LogP contribution in [-0.4, -0.2) is 70.3 Å². The molecule has 216 valence electrons. The Kier molecular flexibility index (Phi) is 5.70. The van der Waals surface area contributed by atoms with Gasteiger partial charge in [0.2, 0.25) is 5.91 Å². The van der Waals surface area contributed by atoms with Crippen molar-refractivity contribution in [2.45, 2.75) is 55.3 Å². The van der Waals surface area contributed by atoms with Gasteiger partial charge in [-0.3, -0.25) is 9.69 Å². The van der Waals surface area contributed by atoms with E-state index < -0.39 is 23.0 Å². The van der Waals surface area contributed by atoms with E-state index >= 15 is 0 Å². The number of nitrogens with zero attached hydrogens (tertiary/aromatic N) is 2. The summed E-state index contributed by atoms with van der Waals surface area (Å²) in [4.78, 5) is 18.7. The molecule has 6 aliphatic rings. The van der Waals surface area contributed by atoms with E-state index in [4.69, 9.17) is 4.74 Å². The standard InChI is InChI=1S/C36H38N2O4/c1-37(19-14-24-8-4-2-5-9-24)32(40)27-23-34-16-17-36(27,41)33-35(34)18-21-38(20-15-25-10-6-3-7-11-25)29(34)22-26-12-13-28(39)31(42-33)30(26)35/h2-13,16-17,27,29,33,39,41H,14-15,18-23H2,1H3. The summed E-state index contributed by atoms with van der Waals surface area (Å²) in [7, 11) is 1.86. The third-order valence-electron chi connectivity index (χ3n) is 11.4. The first-order valence-electron chi connectivity index (χ1n) is 15.4. The monoisotopic (exact) mass is 562 g/mol. The van der Waals surface area contributed by atoms with Crippen LogP contribution in [0.2, 0.25) is 0 Å². The smallest absolute Gasteiger partial charge is 0.228 e. The van der Waals surface area contributed by atoms with Gasteiger partial charge >= 0.3 is 0 Å². The second kappa shape index (κ2) is 9.19. The van der Waals surface area contributed by atoms with Gasteiger partial charge in [-0.05, 0) is 61.4 Å². The third kappa shape index (κ3) is 3.36. The van der Waals surface area contributed by atoms with Gasteiger partial charge in [0.1, 0.15) is 11.7 Å². The largest absolute Gasteiger partial charge is 0.504 e. The van der Waals surface area contributed by atoms with Gasteiger partial charge in [-0.15, -0.1) is 0 Å². The molecule has 4 bridgehead atoms. The van der Waals surface area contributed by atoms with Crippen molar-refractivity contribution in [1.29, 1.82) is 0 Å². The Morgan fingerprint density at radius 3 is 2.45 bits per heavy atom. The van der Waals surface area contributed by atoms with Crippen molar-refractivity contribution < 1.29 is 19.7 Å². The van der Waals surface area contributed by atoms with Crippen LogP contribution in [0.1, 0.15) is 35.1 Å². The summed E-state index contributed by atoms with van der Waals surface area (Å²) >= 11 is 0. The molecule has 0 aromatic heterocycles. The summed E-state index contributed by atoms with van der Waals surface area (Å²) in [6.07, 6.45) is 7.50. The molecule has 1 saturated carbocycles. The normalized spacial score (nSPS) is 33.2. The van der Waals surface area contributed by atoms with E-state index in [1.54, 1.807) is 11.0 Å². The Morgan fingerprint density at radius 2 is 1.71 bits per heavy atom. The SMILES string of the molecule is CN(CCc1ccccc1)C(=O)C1CC23C=CC1(O)C1Oc4c(O)ccc5c4C12CCN(CCc1ccccc1)C3C5. The minimum absolute atomic E-state index is 0.0320. The lowest BCUT2D eigenvalue weighted by molar-refractivity contribution is -0.209. The van der Waals surface area contributed by atoms with Crippen LogP contribution in [0.3, 0.4) is 0 Å². The zero-order valence-electron chi connectivity index (χ0n) is 24.1. The first-order chi connectivity index (χ1) is 20.4. The summed E-state index contributed by atoms with van der Waals surface area (Å²) in [6.45, 7) is 2.42. The van der Waals surface area contributed by atoms with Gasteiger partial charge in [0.25, 0.3) is 0 Å². The Hall–Kier alpha value is -3.61. The lowest BCUT2D eigenvalue weighted by atomic mass is 9.37. The number of aromatic hydroxyl groups is 1. The lowest BCUT2D eigenvalue weighted by Gasteiger charge is -2.70. The summed E-state index contributed by atoms with van der Waals surface area (Å²) in [5, 5.41) is 23.5. The lowest BCUT2D eigenvalue weighted by Crippen LogP contribution is -2.80. The second-order valence-corrected chi connectivity index (χ2v) is 13.2. The fourth-order valence-electron chi connectivity index (χ4n) is 9.42. The summed E-state index contributed by atoms with van der Waals surface area (Å²) < 4.78 is 6.65. The molecular weight excluding hydrogens is 524 g/mol. The molecule has 2 N–H and O–H groups in total. The van der Waals surface area contributed by atoms with Crippen molar-refractivity contribution in [2.75, 3.05) is 26.7 Å². The van der Waals surface area contributed by atoms with E-state index in [0.29, 0.717) is 18.7 Å². The van der Waals surface area contributed by atoms with E-state index in [0.717, 1.165) is 44.3 Å². The van der Waals surface area contributed by atoms with Gasteiger partial charge in [0.05, 0.1) is 11.3 Å². The zero-order valence-corrected chi connectivity index (χ0v) is 24.1. The Balaban J connectivity index is 1.17. The number of phenolic OH excluding ortho intramolecular Hbond substituents is 1. The number of hydrogen-bond donors (Lipinski definition) is 2. The first-order valence-corrected chi connectivity index (χ1v) is 15.4. The van der Waals surface area contributed by atoms with Gasteiger partial charge in [-0.2, -0.15) is 0 Å². The first kappa shape index (κ1) is 26.1. The minimum atomic E-state index is -1.45. The highest BCUT2D eigenvalue weighted by molar-refractivity contribution is 5.82. The van der Waals surface area contributed by atoms with E-state index in [9.17, 15) is 15.0 Å². The molecule has 3 aromatic rings. The fraction of sp³-hybridized carbons (Fsp3) is 0.417. The van der Waals surface area contributed by atoms with E-state index in [1.165, 1.54) is 16.7 Å². The van der Waals surface area contributed by atoms with Crippen molar-refractivity contribution in [3.05, 3.63) is 107 Å². The van der Waals surface area contributed by atoms with Crippen LogP contribution in [0.15, 0.2) is 84.9 Å². The molecule has 2 heterocycles. The molecule has 4 aliphatic carbocycles. The van der Waals surface area contributed by atoms with Crippen LogP contribution in [0.5, 0.6) is 11.5 Å². The molecule has 1 amide bonds. The molecule has 9 rings (SSSR count). The Labute approximate surface area is 247 Å². The average Bonchev–Trinajstić information content (AvgIpc) is 3.39. The second-order valence-electron chi connectivity index (χ2n) is 13.2. The number of hydrogen-bond acceptors (Lipinski definition) is 5. The maximum Gasteiger partial charge on any atom is 0.228 e. The van der Waals surface area contributed by atoms with Crippen LogP contribution in [0.4, 0.5) is 0 Å². The zero-order chi connectivity index (χ0) is 28.7. The van der Waals surface area contributed by atoms with Gasteiger partial charge < -0.3 is 19.8 Å². The van der Waals surface area contributed by atoms with Gasteiger partial charge in [-0.1, -0.05) is 78.9 Å². The highest BCUT2D eigenvalue weighted by Gasteiger charge is 2.79. The number of phenols is 1. The summed E-state index contributed by atoms with van der Waals surface area (Å²) in [6, 6.07) is 24.8. The highest BCUT2D eigenvalue weighted by atomic mass is 16.5. The number of benzene rings is 3. The van der Waals surface area contributed by atoms with Gasteiger partial charge in [0, 0.05) is 37.2 Å². The van der Waals surface area contributed by atoms with E-state index in [-0.39, 0.29) is 23.1 Å². The maximum absolute atomic E-state index is 14.2. The van der Waals surface area contributed by atoms with Gasteiger partial charge in [-0.25, -0.2) is 0 Å². The number of piperidine rings is 1. The molecule has 1 saturated heterocycles. The van der Waals surface area contributed by atoms with E-state index in [2.05, 4.69) is 59.5 Å². The van der Waals surface area contributed by atoms with Crippen LogP contribution >= 0.6 is 0 Å². The van der Waals surface area contributed by atoms with Crippen LogP contribution in [0.25, 0.3) is 0 Å². The number of ether oxygens (including phenoxy) is 1.